The smallest absolute Gasteiger partial charge is 0.0679 e. The van der Waals surface area contributed by atoms with Gasteiger partial charge in [0.25, 0.3) is 0 Å². The first-order valence-corrected chi connectivity index (χ1v) is 5.78. The summed E-state index contributed by atoms with van der Waals surface area (Å²) in [6, 6.07) is 8.47. The maximum atomic E-state index is 9.50. The van der Waals surface area contributed by atoms with Crippen LogP contribution in [-0.2, 0) is 6.54 Å². The van der Waals surface area contributed by atoms with Crippen molar-refractivity contribution in [2.24, 2.45) is 0 Å². The Balaban J connectivity index is 1.86. The highest BCUT2D eigenvalue weighted by molar-refractivity contribution is 5.82. The molecule has 1 atom stereocenters. The number of benzene rings is 1. The van der Waals surface area contributed by atoms with Crippen molar-refractivity contribution in [3.05, 3.63) is 36.0 Å². The molecule has 0 bridgehead atoms. The molecule has 1 aliphatic rings. The van der Waals surface area contributed by atoms with Gasteiger partial charge >= 0.3 is 0 Å². The fourth-order valence-electron chi connectivity index (χ4n) is 2.49. The van der Waals surface area contributed by atoms with E-state index >= 15 is 0 Å². The normalized spacial score (nSPS) is 21.9. The van der Waals surface area contributed by atoms with Gasteiger partial charge in [0.15, 0.2) is 0 Å². The van der Waals surface area contributed by atoms with Crippen molar-refractivity contribution in [1.29, 1.82) is 0 Å². The number of aliphatic hydroxyl groups is 1. The van der Waals surface area contributed by atoms with E-state index in [1.165, 1.54) is 16.5 Å². The average Bonchev–Trinajstić information content (AvgIpc) is 2.87. The lowest BCUT2D eigenvalue weighted by Gasteiger charge is -2.15. The second-order valence-corrected chi connectivity index (χ2v) is 4.53. The molecule has 1 saturated heterocycles. The number of nitrogens with zero attached hydrogens (tertiary/aromatic N) is 1. The van der Waals surface area contributed by atoms with Crippen LogP contribution in [0.5, 0.6) is 0 Å². The van der Waals surface area contributed by atoms with Gasteiger partial charge in [-0.1, -0.05) is 12.1 Å². The monoisotopic (exact) mass is 216 g/mol. The molecule has 3 nitrogen and oxygen atoms in total. The summed E-state index contributed by atoms with van der Waals surface area (Å²) >= 11 is 0. The lowest BCUT2D eigenvalue weighted by molar-refractivity contribution is 0.175. The van der Waals surface area contributed by atoms with Gasteiger partial charge in [0, 0.05) is 36.7 Å². The van der Waals surface area contributed by atoms with Gasteiger partial charge in [0.05, 0.1) is 6.10 Å². The van der Waals surface area contributed by atoms with E-state index in [9.17, 15) is 5.11 Å². The predicted octanol–water partition coefficient (Wildman–Crippen LogP) is 1.73. The number of likely N-dealkylation sites (tertiary alicyclic amines) is 1. The highest BCUT2D eigenvalue weighted by atomic mass is 16.3. The summed E-state index contributed by atoms with van der Waals surface area (Å²) in [5.41, 5.74) is 2.53. The Hall–Kier alpha value is -1.32. The minimum atomic E-state index is -0.134. The van der Waals surface area contributed by atoms with Crippen LogP contribution in [0.3, 0.4) is 0 Å². The number of rotatable bonds is 2. The average molecular weight is 216 g/mol. The molecule has 0 spiro atoms. The molecule has 0 amide bonds. The van der Waals surface area contributed by atoms with Gasteiger partial charge in [0.2, 0.25) is 0 Å². The molecule has 16 heavy (non-hydrogen) atoms. The summed E-state index contributed by atoms with van der Waals surface area (Å²) in [4.78, 5) is 5.54. The number of H-pyrrole nitrogens is 1. The summed E-state index contributed by atoms with van der Waals surface area (Å²) in [6.45, 7) is 2.75. The Morgan fingerprint density at radius 2 is 2.31 bits per heavy atom. The fourth-order valence-corrected chi connectivity index (χ4v) is 2.49. The summed E-state index contributed by atoms with van der Waals surface area (Å²) in [7, 11) is 0. The number of fused-ring (bicyclic) bond motifs is 1. The van der Waals surface area contributed by atoms with E-state index in [4.69, 9.17) is 0 Å². The number of hydrogen-bond acceptors (Lipinski definition) is 2. The van der Waals surface area contributed by atoms with E-state index in [-0.39, 0.29) is 6.10 Å². The van der Waals surface area contributed by atoms with Crippen molar-refractivity contribution < 1.29 is 5.11 Å². The van der Waals surface area contributed by atoms with Crippen molar-refractivity contribution >= 4 is 10.9 Å². The lowest BCUT2D eigenvalue weighted by Crippen LogP contribution is -2.21. The summed E-state index contributed by atoms with van der Waals surface area (Å²) in [5.74, 6) is 0. The first-order valence-electron chi connectivity index (χ1n) is 5.78. The van der Waals surface area contributed by atoms with Crippen molar-refractivity contribution in [2.75, 3.05) is 13.1 Å². The van der Waals surface area contributed by atoms with E-state index < -0.39 is 0 Å². The number of aromatic amines is 1. The molecule has 1 aromatic carbocycles. The number of aromatic nitrogens is 1. The van der Waals surface area contributed by atoms with Crippen LogP contribution in [0.1, 0.15) is 12.0 Å². The molecule has 1 aromatic heterocycles. The van der Waals surface area contributed by atoms with Crippen LogP contribution in [-0.4, -0.2) is 34.2 Å². The van der Waals surface area contributed by atoms with Crippen molar-refractivity contribution in [2.45, 2.75) is 19.1 Å². The first kappa shape index (κ1) is 9.87. The molecule has 2 N–H and O–H groups in total. The minimum absolute atomic E-state index is 0.134. The third-order valence-electron chi connectivity index (χ3n) is 3.33. The molecule has 84 valence electrons. The highest BCUT2D eigenvalue weighted by Gasteiger charge is 2.20. The Kier molecular flexibility index (Phi) is 2.42. The molecule has 3 rings (SSSR count). The molecule has 1 aliphatic heterocycles. The first-order chi connectivity index (χ1) is 7.83. The molecule has 0 saturated carbocycles. The summed E-state index contributed by atoms with van der Waals surface area (Å²) < 4.78 is 0. The second-order valence-electron chi connectivity index (χ2n) is 4.53. The largest absolute Gasteiger partial charge is 0.392 e. The highest BCUT2D eigenvalue weighted by Crippen LogP contribution is 2.20. The van der Waals surface area contributed by atoms with Gasteiger partial charge in [-0.15, -0.1) is 0 Å². The summed E-state index contributed by atoms with van der Waals surface area (Å²) in [5, 5.41) is 10.8. The number of hydrogen-bond donors (Lipinski definition) is 2. The van der Waals surface area contributed by atoms with Gasteiger partial charge in [-0.25, -0.2) is 0 Å². The maximum absolute atomic E-state index is 9.50. The molecule has 0 radical (unpaired) electrons. The maximum Gasteiger partial charge on any atom is 0.0679 e. The van der Waals surface area contributed by atoms with E-state index in [0.717, 1.165) is 26.1 Å². The third kappa shape index (κ3) is 1.72. The van der Waals surface area contributed by atoms with E-state index in [0.29, 0.717) is 0 Å². The van der Waals surface area contributed by atoms with Crippen LogP contribution in [0.15, 0.2) is 30.5 Å². The van der Waals surface area contributed by atoms with Crippen LogP contribution in [0, 0.1) is 0 Å². The van der Waals surface area contributed by atoms with Gasteiger partial charge in [0.1, 0.15) is 0 Å². The Morgan fingerprint density at radius 3 is 3.12 bits per heavy atom. The quantitative estimate of drug-likeness (QED) is 0.802. The molecule has 2 aromatic rings. The van der Waals surface area contributed by atoms with E-state index in [1.807, 2.05) is 6.20 Å². The lowest BCUT2D eigenvalue weighted by atomic mass is 10.1. The number of nitrogens with one attached hydrogen (secondary N) is 1. The number of aliphatic hydroxyl groups excluding tert-OH is 1. The Morgan fingerprint density at radius 1 is 1.38 bits per heavy atom. The molecular formula is C13H16N2O. The van der Waals surface area contributed by atoms with Crippen LogP contribution in [0.25, 0.3) is 10.9 Å². The standard InChI is InChI=1S/C13H16N2O/c16-11-5-7-15(9-11)8-10-2-1-3-13-12(10)4-6-14-13/h1-4,6,11,14,16H,5,7-9H2/t11-/m1/s1. The van der Waals surface area contributed by atoms with Crippen LogP contribution < -0.4 is 0 Å². The number of β-amino-alcohol motifs (C(OH)–C–C–N with tert-alkyl or cyclic N) is 1. The minimum Gasteiger partial charge on any atom is -0.392 e. The van der Waals surface area contributed by atoms with Crippen LogP contribution in [0.2, 0.25) is 0 Å². The van der Waals surface area contributed by atoms with E-state index in [2.05, 4.69) is 34.1 Å². The fraction of sp³-hybridized carbons (Fsp3) is 0.385. The van der Waals surface area contributed by atoms with Crippen LogP contribution in [0.4, 0.5) is 0 Å². The topological polar surface area (TPSA) is 39.3 Å². The Labute approximate surface area is 94.7 Å². The molecular weight excluding hydrogens is 200 g/mol. The molecule has 1 fully saturated rings. The van der Waals surface area contributed by atoms with Crippen molar-refractivity contribution in [1.82, 2.24) is 9.88 Å². The molecule has 0 aliphatic carbocycles. The molecule has 0 unspecified atom stereocenters. The molecule has 2 heterocycles. The third-order valence-corrected chi connectivity index (χ3v) is 3.33. The van der Waals surface area contributed by atoms with Crippen molar-refractivity contribution in [3.63, 3.8) is 0 Å². The van der Waals surface area contributed by atoms with Gasteiger partial charge in [-0.3, -0.25) is 4.90 Å². The zero-order valence-corrected chi connectivity index (χ0v) is 9.19. The second kappa shape index (κ2) is 3.92. The zero-order chi connectivity index (χ0) is 11.0. The predicted molar refractivity (Wildman–Crippen MR) is 64.2 cm³/mol. The summed E-state index contributed by atoms with van der Waals surface area (Å²) in [6.07, 6.45) is 2.75. The van der Waals surface area contributed by atoms with Gasteiger partial charge in [-0.2, -0.15) is 0 Å². The van der Waals surface area contributed by atoms with E-state index in [1.54, 1.807) is 0 Å². The Bertz CT molecular complexity index is 491. The van der Waals surface area contributed by atoms with Crippen LogP contribution >= 0.6 is 0 Å². The SMILES string of the molecule is O[C@@H]1CCN(Cc2cccc3[nH]ccc23)C1. The zero-order valence-electron chi connectivity index (χ0n) is 9.19. The van der Waals surface area contributed by atoms with Gasteiger partial charge in [-0.05, 0) is 24.1 Å². The van der Waals surface area contributed by atoms with Gasteiger partial charge < -0.3 is 10.1 Å². The molecule has 3 heteroatoms. The van der Waals surface area contributed by atoms with Crippen molar-refractivity contribution in [3.8, 4) is 0 Å².